The Morgan fingerprint density at radius 2 is 1.92 bits per heavy atom. The number of hydrogen-bond donors (Lipinski definition) is 3. The molecule has 8 heteroatoms. The Balaban J connectivity index is 1.58. The lowest BCUT2D eigenvalue weighted by Crippen LogP contribution is -2.53. The van der Waals surface area contributed by atoms with Crippen molar-refractivity contribution in [2.24, 2.45) is 0 Å². The van der Waals surface area contributed by atoms with Gasteiger partial charge in [-0.05, 0) is 26.8 Å². The van der Waals surface area contributed by atoms with Crippen LogP contribution in [0, 0.1) is 0 Å². The number of carbonyl (C=O) groups is 1. The fourth-order valence-corrected chi connectivity index (χ4v) is 2.75. The second kappa shape index (κ2) is 9.39. The molecule has 0 spiro atoms. The largest absolute Gasteiger partial charge is 0.373 e. The van der Waals surface area contributed by atoms with Gasteiger partial charge in [-0.25, -0.2) is 14.8 Å². The first-order valence-corrected chi connectivity index (χ1v) is 8.46. The summed E-state index contributed by atoms with van der Waals surface area (Å²) < 4.78 is 5.74. The predicted molar refractivity (Wildman–Crippen MR) is 93.0 cm³/mol. The molecule has 2 rings (SSSR count). The Morgan fingerprint density at radius 3 is 2.58 bits per heavy atom. The van der Waals surface area contributed by atoms with E-state index in [9.17, 15) is 4.79 Å². The third-order valence-corrected chi connectivity index (χ3v) is 3.89. The lowest BCUT2D eigenvalue weighted by molar-refractivity contribution is -0.0778. The zero-order valence-corrected chi connectivity index (χ0v) is 14.7. The summed E-state index contributed by atoms with van der Waals surface area (Å²) in [6, 6.07) is 1.88. The van der Waals surface area contributed by atoms with E-state index in [1.807, 2.05) is 0 Å². The van der Waals surface area contributed by atoms with E-state index in [0.29, 0.717) is 25.6 Å². The van der Waals surface area contributed by atoms with Gasteiger partial charge in [0, 0.05) is 51.2 Å². The van der Waals surface area contributed by atoms with E-state index in [-0.39, 0.29) is 24.3 Å². The third kappa shape index (κ3) is 6.29. The second-order valence-corrected chi connectivity index (χ2v) is 6.20. The Bertz CT molecular complexity index is 491. The number of urea groups is 1. The molecule has 0 aromatic carbocycles. The zero-order valence-electron chi connectivity index (χ0n) is 14.7. The summed E-state index contributed by atoms with van der Waals surface area (Å²) in [6.45, 7) is 9.78. The molecule has 0 unspecified atom stereocenters. The monoisotopic (exact) mass is 336 g/mol. The maximum Gasteiger partial charge on any atom is 0.314 e. The van der Waals surface area contributed by atoms with E-state index in [0.717, 1.165) is 13.1 Å². The highest BCUT2D eigenvalue weighted by molar-refractivity contribution is 5.73. The van der Waals surface area contributed by atoms with E-state index < -0.39 is 0 Å². The summed E-state index contributed by atoms with van der Waals surface area (Å²) in [7, 11) is 0. The van der Waals surface area contributed by atoms with Crippen molar-refractivity contribution in [2.45, 2.75) is 39.0 Å². The number of aromatic nitrogens is 2. The number of amides is 2. The van der Waals surface area contributed by atoms with Crippen molar-refractivity contribution in [2.75, 3.05) is 38.0 Å². The molecule has 0 radical (unpaired) electrons. The smallest absolute Gasteiger partial charge is 0.314 e. The Hall–Kier alpha value is -1.93. The molecule has 1 aromatic rings. The van der Waals surface area contributed by atoms with Gasteiger partial charge in [0.25, 0.3) is 0 Å². The van der Waals surface area contributed by atoms with Crippen LogP contribution in [-0.2, 0) is 4.74 Å². The van der Waals surface area contributed by atoms with Crippen LogP contribution in [0.3, 0.4) is 0 Å². The van der Waals surface area contributed by atoms with Gasteiger partial charge in [-0.2, -0.15) is 0 Å². The zero-order chi connectivity index (χ0) is 17.4. The standard InChI is InChI=1S/C16H28N6O2/c1-12(22-10-13(2)24-14(3)11-22)9-21-16(23)20-8-7-19-15-17-5-4-6-18-15/h4-6,12-14H,7-11H2,1-3H3,(H,17,18,19)(H2,20,21,23)/t12-,13-,14+/m0/s1. The van der Waals surface area contributed by atoms with Crippen LogP contribution in [0.15, 0.2) is 18.5 Å². The Morgan fingerprint density at radius 1 is 1.25 bits per heavy atom. The molecule has 1 fully saturated rings. The summed E-state index contributed by atoms with van der Waals surface area (Å²) in [5.41, 5.74) is 0. The van der Waals surface area contributed by atoms with Crippen molar-refractivity contribution in [1.29, 1.82) is 0 Å². The van der Waals surface area contributed by atoms with E-state index in [1.165, 1.54) is 0 Å². The SMILES string of the molecule is C[C@@H]1CN([C@@H](C)CNC(=O)NCCNc2ncccn2)C[C@H](C)O1. The third-order valence-electron chi connectivity index (χ3n) is 3.89. The molecule has 3 N–H and O–H groups in total. The van der Waals surface area contributed by atoms with Gasteiger partial charge >= 0.3 is 6.03 Å². The Kier molecular flexibility index (Phi) is 7.20. The number of anilines is 1. The molecule has 8 nitrogen and oxygen atoms in total. The van der Waals surface area contributed by atoms with Crippen LogP contribution in [0.1, 0.15) is 20.8 Å². The number of rotatable bonds is 7. The first-order chi connectivity index (χ1) is 11.5. The summed E-state index contributed by atoms with van der Waals surface area (Å²) in [5, 5.41) is 8.77. The van der Waals surface area contributed by atoms with Gasteiger partial charge in [0.2, 0.25) is 5.95 Å². The Labute approximate surface area is 143 Å². The molecule has 3 atom stereocenters. The molecule has 1 aliphatic rings. The summed E-state index contributed by atoms with van der Waals surface area (Å²) in [5.74, 6) is 0.559. The highest BCUT2D eigenvalue weighted by Crippen LogP contribution is 2.13. The summed E-state index contributed by atoms with van der Waals surface area (Å²) in [4.78, 5) is 22.3. The molecule has 1 saturated heterocycles. The van der Waals surface area contributed by atoms with Crippen molar-refractivity contribution in [3.8, 4) is 0 Å². The highest BCUT2D eigenvalue weighted by atomic mass is 16.5. The molecular weight excluding hydrogens is 308 g/mol. The van der Waals surface area contributed by atoms with Crippen molar-refractivity contribution >= 4 is 12.0 Å². The van der Waals surface area contributed by atoms with E-state index >= 15 is 0 Å². The minimum atomic E-state index is -0.160. The van der Waals surface area contributed by atoms with Crippen LogP contribution in [-0.4, -0.2) is 71.9 Å². The molecule has 2 amide bonds. The first-order valence-electron chi connectivity index (χ1n) is 8.46. The molecule has 24 heavy (non-hydrogen) atoms. The van der Waals surface area contributed by atoms with Crippen molar-refractivity contribution in [3.63, 3.8) is 0 Å². The lowest BCUT2D eigenvalue weighted by atomic mass is 10.2. The number of hydrogen-bond acceptors (Lipinski definition) is 6. The number of morpholine rings is 1. The topological polar surface area (TPSA) is 91.4 Å². The average Bonchev–Trinajstić information content (AvgIpc) is 2.56. The molecule has 2 heterocycles. The summed E-state index contributed by atoms with van der Waals surface area (Å²) >= 11 is 0. The average molecular weight is 336 g/mol. The van der Waals surface area contributed by atoms with Gasteiger partial charge in [0.05, 0.1) is 12.2 Å². The van der Waals surface area contributed by atoms with Crippen LogP contribution >= 0.6 is 0 Å². The van der Waals surface area contributed by atoms with E-state index in [2.05, 4.69) is 51.6 Å². The van der Waals surface area contributed by atoms with Crippen molar-refractivity contribution in [3.05, 3.63) is 18.5 Å². The van der Waals surface area contributed by atoms with Gasteiger partial charge < -0.3 is 20.7 Å². The minimum Gasteiger partial charge on any atom is -0.373 e. The van der Waals surface area contributed by atoms with Gasteiger partial charge in [0.1, 0.15) is 0 Å². The summed E-state index contributed by atoms with van der Waals surface area (Å²) in [6.07, 6.45) is 3.81. The van der Waals surface area contributed by atoms with Crippen LogP contribution in [0.2, 0.25) is 0 Å². The normalized spacial score (nSPS) is 22.6. The number of nitrogens with one attached hydrogen (secondary N) is 3. The molecule has 0 aliphatic carbocycles. The molecule has 0 saturated carbocycles. The minimum absolute atomic E-state index is 0.160. The van der Waals surface area contributed by atoms with Gasteiger partial charge in [-0.3, -0.25) is 4.90 Å². The maximum atomic E-state index is 11.8. The van der Waals surface area contributed by atoms with Crippen molar-refractivity contribution in [1.82, 2.24) is 25.5 Å². The van der Waals surface area contributed by atoms with Crippen LogP contribution in [0.25, 0.3) is 0 Å². The van der Waals surface area contributed by atoms with E-state index in [1.54, 1.807) is 18.5 Å². The van der Waals surface area contributed by atoms with Crippen molar-refractivity contribution < 1.29 is 9.53 Å². The lowest BCUT2D eigenvalue weighted by Gasteiger charge is -2.38. The second-order valence-electron chi connectivity index (χ2n) is 6.20. The fraction of sp³-hybridized carbons (Fsp3) is 0.688. The number of ether oxygens (including phenoxy) is 1. The van der Waals surface area contributed by atoms with Crippen LogP contribution in [0.4, 0.5) is 10.7 Å². The van der Waals surface area contributed by atoms with Crippen LogP contribution in [0.5, 0.6) is 0 Å². The van der Waals surface area contributed by atoms with Gasteiger partial charge in [0.15, 0.2) is 0 Å². The molecule has 1 aromatic heterocycles. The van der Waals surface area contributed by atoms with Crippen LogP contribution < -0.4 is 16.0 Å². The molecule has 134 valence electrons. The van der Waals surface area contributed by atoms with Gasteiger partial charge in [-0.15, -0.1) is 0 Å². The van der Waals surface area contributed by atoms with Gasteiger partial charge in [-0.1, -0.05) is 0 Å². The number of carbonyl (C=O) groups excluding carboxylic acids is 1. The number of nitrogens with zero attached hydrogens (tertiary/aromatic N) is 3. The predicted octanol–water partition coefficient (Wildman–Crippen LogP) is 0.685. The quantitative estimate of drug-likeness (QED) is 0.635. The van der Waals surface area contributed by atoms with E-state index in [4.69, 9.17) is 4.74 Å². The first kappa shape index (κ1) is 18.4. The molecule has 1 aliphatic heterocycles. The highest BCUT2D eigenvalue weighted by Gasteiger charge is 2.25. The maximum absolute atomic E-state index is 11.8. The molecule has 0 bridgehead atoms. The molecular formula is C16H28N6O2. The fourth-order valence-electron chi connectivity index (χ4n) is 2.75.